The number of ether oxygens (including phenoxy) is 3. The monoisotopic (exact) mass is 597 g/mol. The van der Waals surface area contributed by atoms with Crippen LogP contribution in [0.3, 0.4) is 0 Å². The van der Waals surface area contributed by atoms with Crippen molar-refractivity contribution in [2.45, 2.75) is 40.0 Å². The Kier molecular flexibility index (Phi) is 8.21. The van der Waals surface area contributed by atoms with Gasteiger partial charge in [-0.05, 0) is 37.5 Å². The highest BCUT2D eigenvalue weighted by molar-refractivity contribution is 6.23. The Balaban J connectivity index is 1.74. The number of aliphatic imine (C=N–C) groups is 3. The van der Waals surface area contributed by atoms with Crippen LogP contribution in [0.15, 0.2) is 87.8 Å². The molecule has 0 aromatic heterocycles. The Hall–Kier alpha value is -4.71. The van der Waals surface area contributed by atoms with Crippen LogP contribution in [0.25, 0.3) is 33.4 Å². The Morgan fingerprint density at radius 1 is 0.378 bits per heavy atom. The molecule has 0 radical (unpaired) electrons. The molecule has 0 fully saturated rings. The van der Waals surface area contributed by atoms with E-state index in [1.807, 2.05) is 0 Å². The minimum absolute atomic E-state index is 0.610. The highest BCUT2D eigenvalue weighted by atomic mass is 16.5. The maximum Gasteiger partial charge on any atom is 0.217 e. The van der Waals surface area contributed by atoms with Crippen LogP contribution < -0.4 is 0 Å². The largest absolute Gasteiger partial charge is 0.477 e. The molecule has 6 heteroatoms. The first-order chi connectivity index (χ1) is 22.1. The molecule has 6 nitrogen and oxygen atoms in total. The summed E-state index contributed by atoms with van der Waals surface area (Å²) in [6.07, 6.45) is 2.65. The Bertz CT molecular complexity index is 1570. The maximum absolute atomic E-state index is 6.47. The van der Waals surface area contributed by atoms with Gasteiger partial charge in [-0.25, -0.2) is 0 Å². The maximum atomic E-state index is 6.47. The fourth-order valence-corrected chi connectivity index (χ4v) is 6.25. The van der Waals surface area contributed by atoms with Crippen LogP contribution in [0.2, 0.25) is 0 Å². The summed E-state index contributed by atoms with van der Waals surface area (Å²) in [5.74, 6) is 1.91. The van der Waals surface area contributed by atoms with Gasteiger partial charge in [0.15, 0.2) is 0 Å². The fourth-order valence-electron chi connectivity index (χ4n) is 6.25. The second kappa shape index (κ2) is 12.7. The summed E-state index contributed by atoms with van der Waals surface area (Å²) in [4.78, 5) is 15.1. The van der Waals surface area contributed by atoms with Gasteiger partial charge >= 0.3 is 0 Å². The van der Waals surface area contributed by atoms with Crippen molar-refractivity contribution in [2.75, 3.05) is 39.5 Å². The van der Waals surface area contributed by atoms with Gasteiger partial charge in [0.05, 0.1) is 36.5 Å². The van der Waals surface area contributed by atoms with Gasteiger partial charge in [0.2, 0.25) is 17.7 Å². The highest BCUT2D eigenvalue weighted by Crippen LogP contribution is 2.47. The van der Waals surface area contributed by atoms with Crippen LogP contribution in [-0.4, -0.2) is 57.1 Å². The summed E-state index contributed by atoms with van der Waals surface area (Å²) < 4.78 is 19.4. The molecule has 0 spiro atoms. The van der Waals surface area contributed by atoms with Crippen LogP contribution >= 0.6 is 0 Å². The van der Waals surface area contributed by atoms with Gasteiger partial charge in [-0.3, -0.25) is 15.0 Å². The lowest BCUT2D eigenvalue weighted by Crippen LogP contribution is -2.25. The summed E-state index contributed by atoms with van der Waals surface area (Å²) in [5.41, 5.74) is 12.5. The lowest BCUT2D eigenvalue weighted by atomic mass is 9.78. The third-order valence-corrected chi connectivity index (χ3v) is 8.55. The standard InChI is InChI=1S/C39H39N3O3/c1-25-7-13-28(14-8-25)31-34(37-40-19-4-22-43-37)32(29-15-9-26(2)10-16-29)36(39-42-21-6-24-45-39)33(30-17-11-27(3)12-18-30)35(31)38-41-20-5-23-44-38/h7-18H,4-6,19-24H2,1-3H3. The first-order valence-corrected chi connectivity index (χ1v) is 16.1. The second-order valence-electron chi connectivity index (χ2n) is 12.0. The van der Waals surface area contributed by atoms with Gasteiger partial charge in [0.1, 0.15) is 0 Å². The van der Waals surface area contributed by atoms with E-state index in [0.717, 1.165) is 69.3 Å². The molecular formula is C39H39N3O3. The molecule has 0 atom stereocenters. The van der Waals surface area contributed by atoms with Gasteiger partial charge in [-0.2, -0.15) is 0 Å². The number of nitrogens with zero attached hydrogens (tertiary/aromatic N) is 3. The topological polar surface area (TPSA) is 64.8 Å². The van der Waals surface area contributed by atoms with Crippen molar-refractivity contribution < 1.29 is 14.2 Å². The Labute approximate surface area is 265 Å². The van der Waals surface area contributed by atoms with Gasteiger partial charge in [0, 0.05) is 55.6 Å². The van der Waals surface area contributed by atoms with E-state index in [9.17, 15) is 0 Å². The fraction of sp³-hybridized carbons (Fsp3) is 0.308. The number of benzene rings is 4. The molecule has 0 unspecified atom stereocenters. The van der Waals surface area contributed by atoms with E-state index in [1.165, 1.54) is 16.7 Å². The Morgan fingerprint density at radius 2 is 0.644 bits per heavy atom. The average molecular weight is 598 g/mol. The van der Waals surface area contributed by atoms with Crippen LogP contribution in [0.1, 0.15) is 52.6 Å². The molecule has 3 aliphatic rings. The zero-order valence-corrected chi connectivity index (χ0v) is 26.4. The lowest BCUT2D eigenvalue weighted by Gasteiger charge is -2.30. The molecule has 4 aromatic carbocycles. The van der Waals surface area contributed by atoms with Crippen molar-refractivity contribution in [3.05, 3.63) is 106 Å². The molecule has 0 amide bonds. The summed E-state index contributed by atoms with van der Waals surface area (Å²) >= 11 is 0. The van der Waals surface area contributed by atoms with Crippen LogP contribution in [-0.2, 0) is 14.2 Å². The Morgan fingerprint density at radius 3 is 0.867 bits per heavy atom. The summed E-state index contributed by atoms with van der Waals surface area (Å²) in [6.45, 7) is 10.3. The molecule has 0 saturated carbocycles. The summed E-state index contributed by atoms with van der Waals surface area (Å²) in [5, 5.41) is 0. The van der Waals surface area contributed by atoms with E-state index in [-0.39, 0.29) is 0 Å². The quantitative estimate of drug-likeness (QED) is 0.226. The van der Waals surface area contributed by atoms with Crippen LogP contribution in [0, 0.1) is 20.8 Å². The van der Waals surface area contributed by atoms with Gasteiger partial charge in [-0.15, -0.1) is 0 Å². The van der Waals surface area contributed by atoms with E-state index < -0.39 is 0 Å². The van der Waals surface area contributed by atoms with Gasteiger partial charge in [-0.1, -0.05) is 89.5 Å². The van der Waals surface area contributed by atoms with E-state index in [2.05, 4.69) is 93.6 Å². The van der Waals surface area contributed by atoms with Crippen molar-refractivity contribution >= 4 is 17.7 Å². The lowest BCUT2D eigenvalue weighted by molar-refractivity contribution is 0.282. The minimum atomic E-state index is 0.610. The SMILES string of the molecule is Cc1ccc(-c2c(C3=NCCCO3)c(-c3ccc(C)cc3)c(C3=NCCCO3)c(-c3ccc(C)cc3)c2C2=NCCCO2)cc1. The van der Waals surface area contributed by atoms with Gasteiger partial charge < -0.3 is 14.2 Å². The first kappa shape index (κ1) is 29.0. The average Bonchev–Trinajstić information content (AvgIpc) is 3.09. The minimum Gasteiger partial charge on any atom is -0.477 e. The van der Waals surface area contributed by atoms with E-state index in [4.69, 9.17) is 29.2 Å². The number of hydrogen-bond acceptors (Lipinski definition) is 6. The number of aryl methyl sites for hydroxylation is 3. The molecule has 0 bridgehead atoms. The van der Waals surface area contributed by atoms with E-state index in [0.29, 0.717) is 57.1 Å². The smallest absolute Gasteiger partial charge is 0.217 e. The summed E-state index contributed by atoms with van der Waals surface area (Å²) in [7, 11) is 0. The molecule has 3 aliphatic heterocycles. The van der Waals surface area contributed by atoms with Crippen molar-refractivity contribution in [2.24, 2.45) is 15.0 Å². The molecule has 4 aromatic rings. The third kappa shape index (κ3) is 5.77. The molecule has 45 heavy (non-hydrogen) atoms. The van der Waals surface area contributed by atoms with Crippen molar-refractivity contribution in [1.29, 1.82) is 0 Å². The first-order valence-electron chi connectivity index (χ1n) is 16.1. The molecule has 228 valence electrons. The van der Waals surface area contributed by atoms with Crippen LogP contribution in [0.4, 0.5) is 0 Å². The van der Waals surface area contributed by atoms with E-state index in [1.54, 1.807) is 0 Å². The van der Waals surface area contributed by atoms with E-state index >= 15 is 0 Å². The highest BCUT2D eigenvalue weighted by Gasteiger charge is 2.35. The predicted molar refractivity (Wildman–Crippen MR) is 183 cm³/mol. The molecule has 0 aliphatic carbocycles. The van der Waals surface area contributed by atoms with Crippen molar-refractivity contribution in [3.8, 4) is 33.4 Å². The number of rotatable bonds is 6. The molecule has 3 heterocycles. The predicted octanol–water partition coefficient (Wildman–Crippen LogP) is 8.11. The second-order valence-corrected chi connectivity index (χ2v) is 12.0. The molecular weight excluding hydrogens is 558 g/mol. The number of hydrogen-bond donors (Lipinski definition) is 0. The summed E-state index contributed by atoms with van der Waals surface area (Å²) in [6, 6.07) is 26.1. The zero-order chi connectivity index (χ0) is 30.8. The zero-order valence-electron chi connectivity index (χ0n) is 26.4. The molecule has 0 saturated heterocycles. The van der Waals surface area contributed by atoms with Crippen LogP contribution in [0.5, 0.6) is 0 Å². The molecule has 7 rings (SSSR count). The van der Waals surface area contributed by atoms with Crippen molar-refractivity contribution in [3.63, 3.8) is 0 Å². The molecule has 0 N–H and O–H groups in total. The normalized spacial score (nSPS) is 16.5. The third-order valence-electron chi connectivity index (χ3n) is 8.55. The van der Waals surface area contributed by atoms with Crippen molar-refractivity contribution in [1.82, 2.24) is 0 Å². The van der Waals surface area contributed by atoms with Gasteiger partial charge in [0.25, 0.3) is 0 Å².